The van der Waals surface area contributed by atoms with Gasteiger partial charge in [0.2, 0.25) is 0 Å². The number of fused-ring (bicyclic) bond motifs is 1. The molecule has 37 heavy (non-hydrogen) atoms. The predicted octanol–water partition coefficient (Wildman–Crippen LogP) is 5.13. The first-order valence-electron chi connectivity index (χ1n) is 11.8. The van der Waals surface area contributed by atoms with Gasteiger partial charge in [-0.1, -0.05) is 54.1 Å². The standard InChI is InChI=1S/C28H24ClFN2O4S/c29-25-22(6-2-7-23(25)30)28(34)13-16-32(17-14-28)27(33)21-11-9-19(10-12-21)18-37(35,36)24-8-1-4-20-5-3-15-31-26(20)24/h1-12,15,34H,13-14,16-18H2. The van der Waals surface area contributed by atoms with Gasteiger partial charge in [-0.2, -0.15) is 0 Å². The van der Waals surface area contributed by atoms with E-state index in [-0.39, 0.29) is 47.5 Å². The number of carbonyl (C=O) groups excluding carboxylic acids is 1. The lowest BCUT2D eigenvalue weighted by molar-refractivity contribution is -0.0212. The minimum absolute atomic E-state index is 0.102. The second kappa shape index (κ2) is 9.85. The average molecular weight is 539 g/mol. The van der Waals surface area contributed by atoms with Crippen LogP contribution in [0.25, 0.3) is 10.9 Å². The lowest BCUT2D eigenvalue weighted by Crippen LogP contribution is -2.45. The summed E-state index contributed by atoms with van der Waals surface area (Å²) in [6.07, 6.45) is 2.00. The predicted molar refractivity (Wildman–Crippen MR) is 140 cm³/mol. The van der Waals surface area contributed by atoms with E-state index in [4.69, 9.17) is 11.6 Å². The summed E-state index contributed by atoms with van der Waals surface area (Å²) in [4.78, 5) is 19.1. The van der Waals surface area contributed by atoms with Crippen molar-refractivity contribution in [1.82, 2.24) is 9.88 Å². The van der Waals surface area contributed by atoms with Crippen LogP contribution < -0.4 is 0 Å². The van der Waals surface area contributed by atoms with E-state index in [1.165, 1.54) is 12.1 Å². The molecule has 2 heterocycles. The van der Waals surface area contributed by atoms with E-state index < -0.39 is 21.3 Å². The number of sulfone groups is 1. The van der Waals surface area contributed by atoms with Crippen LogP contribution in [0.2, 0.25) is 5.02 Å². The Kier molecular flexibility index (Phi) is 6.74. The van der Waals surface area contributed by atoms with Crippen LogP contribution in [-0.2, 0) is 21.2 Å². The summed E-state index contributed by atoms with van der Waals surface area (Å²) in [5.41, 5.74) is 0.417. The lowest BCUT2D eigenvalue weighted by atomic mass is 9.84. The highest BCUT2D eigenvalue weighted by Crippen LogP contribution is 2.38. The third-order valence-corrected chi connectivity index (χ3v) is 8.92. The van der Waals surface area contributed by atoms with Gasteiger partial charge in [0.25, 0.3) is 5.91 Å². The number of hydrogen-bond acceptors (Lipinski definition) is 5. The van der Waals surface area contributed by atoms with Gasteiger partial charge in [-0.15, -0.1) is 0 Å². The zero-order valence-corrected chi connectivity index (χ0v) is 21.3. The molecule has 4 aromatic rings. The molecule has 1 saturated heterocycles. The SMILES string of the molecule is O=C(c1ccc(CS(=O)(=O)c2cccc3cccnc23)cc1)N1CCC(O)(c2cccc(F)c2Cl)CC1. The van der Waals surface area contributed by atoms with E-state index >= 15 is 0 Å². The minimum atomic E-state index is -3.66. The smallest absolute Gasteiger partial charge is 0.253 e. The van der Waals surface area contributed by atoms with Crippen molar-refractivity contribution in [2.75, 3.05) is 13.1 Å². The summed E-state index contributed by atoms with van der Waals surface area (Å²) in [5.74, 6) is -1.03. The average Bonchev–Trinajstić information content (AvgIpc) is 2.90. The molecule has 0 saturated carbocycles. The summed E-state index contributed by atoms with van der Waals surface area (Å²) >= 11 is 6.08. The Labute approximate surface area is 219 Å². The number of benzene rings is 3. The summed E-state index contributed by atoms with van der Waals surface area (Å²) in [6, 6.07) is 19.5. The molecule has 190 valence electrons. The third kappa shape index (κ3) is 4.97. The Hall–Kier alpha value is -3.33. The van der Waals surface area contributed by atoms with E-state index in [9.17, 15) is 22.7 Å². The van der Waals surface area contributed by atoms with Gasteiger partial charge >= 0.3 is 0 Å². The van der Waals surface area contributed by atoms with Crippen molar-refractivity contribution in [2.45, 2.75) is 29.1 Å². The maximum absolute atomic E-state index is 13.9. The maximum Gasteiger partial charge on any atom is 0.253 e. The molecule has 0 spiro atoms. The summed E-state index contributed by atoms with van der Waals surface area (Å²) in [5, 5.41) is 11.7. The number of amides is 1. The molecule has 9 heteroatoms. The van der Waals surface area contributed by atoms with Crippen molar-refractivity contribution in [3.8, 4) is 0 Å². The fourth-order valence-electron chi connectivity index (χ4n) is 4.76. The van der Waals surface area contributed by atoms with Crippen LogP contribution in [0.15, 0.2) is 83.9 Å². The molecule has 1 N–H and O–H groups in total. The highest BCUT2D eigenvalue weighted by molar-refractivity contribution is 7.90. The van der Waals surface area contributed by atoms with Crippen LogP contribution in [0, 0.1) is 5.82 Å². The molecule has 0 radical (unpaired) electrons. The first kappa shape index (κ1) is 25.3. The number of rotatable bonds is 5. The number of halogens is 2. The molecule has 6 nitrogen and oxygen atoms in total. The first-order valence-corrected chi connectivity index (χ1v) is 13.8. The molecule has 1 aliphatic heterocycles. The van der Waals surface area contributed by atoms with Crippen LogP contribution in [-0.4, -0.2) is 42.4 Å². The van der Waals surface area contributed by atoms with Gasteiger partial charge < -0.3 is 10.0 Å². The van der Waals surface area contributed by atoms with Gasteiger partial charge in [-0.25, -0.2) is 12.8 Å². The topological polar surface area (TPSA) is 87.6 Å². The summed E-state index contributed by atoms with van der Waals surface area (Å²) in [7, 11) is -3.66. The quantitative estimate of drug-likeness (QED) is 0.381. The molecule has 3 aromatic carbocycles. The van der Waals surface area contributed by atoms with Crippen LogP contribution in [0.3, 0.4) is 0 Å². The monoisotopic (exact) mass is 538 g/mol. The van der Waals surface area contributed by atoms with Crippen molar-refractivity contribution in [2.24, 2.45) is 0 Å². The van der Waals surface area contributed by atoms with Crippen molar-refractivity contribution in [3.63, 3.8) is 0 Å². The second-order valence-electron chi connectivity index (χ2n) is 9.21. The van der Waals surface area contributed by atoms with Crippen molar-refractivity contribution in [3.05, 3.63) is 107 Å². The Morgan fingerprint density at radius 3 is 2.41 bits per heavy atom. The van der Waals surface area contributed by atoms with Crippen LogP contribution >= 0.6 is 11.6 Å². The number of aliphatic hydroxyl groups is 1. The van der Waals surface area contributed by atoms with Crippen molar-refractivity contribution < 1.29 is 22.7 Å². The molecule has 1 fully saturated rings. The number of nitrogens with zero attached hydrogens (tertiary/aromatic N) is 2. The van der Waals surface area contributed by atoms with Crippen LogP contribution in [0.1, 0.15) is 34.3 Å². The van der Waals surface area contributed by atoms with E-state index in [1.54, 1.807) is 59.6 Å². The first-order chi connectivity index (χ1) is 17.7. The number of likely N-dealkylation sites (tertiary alicyclic amines) is 1. The zero-order valence-electron chi connectivity index (χ0n) is 19.8. The Bertz CT molecular complexity index is 1580. The number of piperidine rings is 1. The Balaban J connectivity index is 1.27. The fourth-order valence-corrected chi connectivity index (χ4v) is 6.60. The zero-order chi connectivity index (χ0) is 26.2. The normalized spacial score (nSPS) is 15.6. The number of para-hydroxylation sites is 1. The van der Waals surface area contributed by atoms with Gasteiger partial charge in [0.05, 0.1) is 26.8 Å². The highest BCUT2D eigenvalue weighted by atomic mass is 35.5. The maximum atomic E-state index is 13.9. The molecule has 1 amide bonds. The molecule has 1 aliphatic rings. The van der Waals surface area contributed by atoms with Gasteiger partial charge in [-0.3, -0.25) is 9.78 Å². The van der Waals surface area contributed by atoms with Crippen molar-refractivity contribution in [1.29, 1.82) is 0 Å². The number of hydrogen-bond donors (Lipinski definition) is 1. The highest BCUT2D eigenvalue weighted by Gasteiger charge is 2.37. The lowest BCUT2D eigenvalue weighted by Gasteiger charge is -2.39. The fraction of sp³-hybridized carbons (Fsp3) is 0.214. The Morgan fingerprint density at radius 2 is 1.68 bits per heavy atom. The number of carbonyl (C=O) groups is 1. The van der Waals surface area contributed by atoms with E-state index in [0.29, 0.717) is 22.2 Å². The molecule has 1 aromatic heterocycles. The molecule has 0 bridgehead atoms. The molecular formula is C28H24ClFN2O4S. The van der Waals surface area contributed by atoms with Gasteiger partial charge in [0, 0.05) is 35.8 Å². The molecule has 0 aliphatic carbocycles. The molecule has 5 rings (SSSR count). The third-order valence-electron chi connectivity index (χ3n) is 6.82. The molecule has 0 atom stereocenters. The largest absolute Gasteiger partial charge is 0.385 e. The van der Waals surface area contributed by atoms with Crippen LogP contribution in [0.4, 0.5) is 4.39 Å². The minimum Gasteiger partial charge on any atom is -0.385 e. The van der Waals surface area contributed by atoms with Crippen LogP contribution in [0.5, 0.6) is 0 Å². The van der Waals surface area contributed by atoms with E-state index in [2.05, 4.69) is 4.98 Å². The molecule has 0 unspecified atom stereocenters. The summed E-state index contributed by atoms with van der Waals surface area (Å²) < 4.78 is 40.1. The molecular weight excluding hydrogens is 515 g/mol. The Morgan fingerprint density at radius 1 is 1.00 bits per heavy atom. The number of aromatic nitrogens is 1. The van der Waals surface area contributed by atoms with Crippen molar-refractivity contribution >= 4 is 38.2 Å². The van der Waals surface area contributed by atoms with Gasteiger partial charge in [-0.05, 0) is 48.7 Å². The van der Waals surface area contributed by atoms with Gasteiger partial charge in [0.1, 0.15) is 5.82 Å². The van der Waals surface area contributed by atoms with E-state index in [1.807, 2.05) is 12.1 Å². The second-order valence-corrected chi connectivity index (χ2v) is 11.5. The summed E-state index contributed by atoms with van der Waals surface area (Å²) in [6.45, 7) is 0.540. The van der Waals surface area contributed by atoms with Gasteiger partial charge in [0.15, 0.2) is 9.84 Å². The van der Waals surface area contributed by atoms with E-state index in [0.717, 1.165) is 5.39 Å². The number of pyridine rings is 1.